The molecule has 11 nitrogen and oxygen atoms in total. The molecule has 1 aliphatic heterocycles. The topological polar surface area (TPSA) is 151 Å². The number of carbonyl (C=O) groups is 2. The van der Waals surface area contributed by atoms with Gasteiger partial charge < -0.3 is 26.0 Å². The predicted molar refractivity (Wildman–Crippen MR) is 135 cm³/mol. The Morgan fingerprint density at radius 3 is 2.47 bits per heavy atom. The van der Waals surface area contributed by atoms with Gasteiger partial charge in [0.15, 0.2) is 5.70 Å². The molecule has 0 aliphatic carbocycles. The summed E-state index contributed by atoms with van der Waals surface area (Å²) in [7, 11) is 1.32. The minimum absolute atomic E-state index is 0.209. The molecule has 1 amide bonds. The van der Waals surface area contributed by atoms with Gasteiger partial charge in [-0.2, -0.15) is 5.21 Å². The number of rotatable bonds is 9. The Hall–Kier alpha value is -4.25. The van der Waals surface area contributed by atoms with Gasteiger partial charge in [0, 0.05) is 11.3 Å². The molecule has 11 heteroatoms. The van der Waals surface area contributed by atoms with Crippen LogP contribution in [0.25, 0.3) is 22.5 Å². The summed E-state index contributed by atoms with van der Waals surface area (Å²) in [5.41, 5.74) is 8.55. The van der Waals surface area contributed by atoms with E-state index in [2.05, 4.69) is 38.2 Å². The predicted octanol–water partition coefficient (Wildman–Crippen LogP) is 2.27. The van der Waals surface area contributed by atoms with Crippen LogP contribution in [0.1, 0.15) is 33.1 Å². The summed E-state index contributed by atoms with van der Waals surface area (Å²) in [6.07, 6.45) is 2.59. The number of hydrogen-bond donors (Lipinski definition) is 4. The zero-order valence-corrected chi connectivity index (χ0v) is 20.5. The van der Waals surface area contributed by atoms with Crippen molar-refractivity contribution >= 4 is 17.6 Å². The van der Waals surface area contributed by atoms with Crippen LogP contribution in [0.2, 0.25) is 0 Å². The molecule has 4 rings (SSSR count). The summed E-state index contributed by atoms with van der Waals surface area (Å²) < 4.78 is 5.10. The van der Waals surface area contributed by atoms with Gasteiger partial charge in [0.25, 0.3) is 0 Å². The van der Waals surface area contributed by atoms with Gasteiger partial charge in [0.2, 0.25) is 11.7 Å². The lowest BCUT2D eigenvalue weighted by Crippen LogP contribution is -2.52. The molecule has 5 N–H and O–H groups in total. The number of benzene rings is 2. The quantitative estimate of drug-likeness (QED) is 0.331. The lowest BCUT2D eigenvalue weighted by molar-refractivity contribution is -0.136. The number of unbranched alkanes of at least 4 members (excludes halogenated alkanes) is 1. The number of nitrogens with zero attached hydrogens (tertiary/aromatic N) is 4. The van der Waals surface area contributed by atoms with Gasteiger partial charge in [-0.3, -0.25) is 4.79 Å². The van der Waals surface area contributed by atoms with Crippen LogP contribution >= 0.6 is 0 Å². The lowest BCUT2D eigenvalue weighted by Gasteiger charge is -2.38. The van der Waals surface area contributed by atoms with Crippen molar-refractivity contribution < 1.29 is 14.3 Å². The molecule has 188 valence electrons. The second kappa shape index (κ2) is 10.6. The summed E-state index contributed by atoms with van der Waals surface area (Å²) in [5.74, 6) is -0.197. The molecule has 2 aromatic carbocycles. The number of hydrogen-bond acceptors (Lipinski definition) is 9. The fourth-order valence-electron chi connectivity index (χ4n) is 4.42. The fourth-order valence-corrected chi connectivity index (χ4v) is 4.42. The normalized spacial score (nSPS) is 17.2. The van der Waals surface area contributed by atoms with Crippen LogP contribution < -0.4 is 21.3 Å². The minimum Gasteiger partial charge on any atom is -0.464 e. The number of ether oxygens (including phenoxy) is 1. The smallest absolute Gasteiger partial charge is 0.358 e. The molecule has 36 heavy (non-hydrogen) atoms. The number of tetrazole rings is 1. The van der Waals surface area contributed by atoms with Crippen LogP contribution in [-0.4, -0.2) is 51.8 Å². The molecule has 3 aromatic rings. The first-order valence-corrected chi connectivity index (χ1v) is 11.8. The number of aromatic amines is 1. The van der Waals surface area contributed by atoms with E-state index in [1.807, 2.05) is 60.4 Å². The van der Waals surface area contributed by atoms with E-state index in [0.29, 0.717) is 12.2 Å². The number of aromatic nitrogens is 4. The zero-order chi connectivity index (χ0) is 25.7. The molecule has 0 saturated heterocycles. The number of methoxy groups -OCH3 is 1. The van der Waals surface area contributed by atoms with Gasteiger partial charge in [0.05, 0.1) is 13.7 Å². The van der Waals surface area contributed by atoms with Crippen molar-refractivity contribution in [1.29, 1.82) is 0 Å². The molecule has 2 heterocycles. The number of H-pyrrole nitrogens is 1. The number of nitrogens with two attached hydrogens (primary N) is 1. The van der Waals surface area contributed by atoms with Crippen LogP contribution in [0, 0.1) is 0 Å². The van der Waals surface area contributed by atoms with E-state index in [4.69, 9.17) is 10.5 Å². The number of anilines is 1. The molecule has 0 fully saturated rings. The molecule has 1 atom stereocenters. The summed E-state index contributed by atoms with van der Waals surface area (Å²) >= 11 is 0. The van der Waals surface area contributed by atoms with Crippen LogP contribution in [0.3, 0.4) is 0 Å². The zero-order valence-electron chi connectivity index (χ0n) is 20.5. The number of esters is 1. The second-order valence-corrected chi connectivity index (χ2v) is 8.63. The Kier molecular flexibility index (Phi) is 7.30. The van der Waals surface area contributed by atoms with Crippen molar-refractivity contribution in [2.24, 2.45) is 5.73 Å². The molecule has 0 saturated carbocycles. The lowest BCUT2D eigenvalue weighted by atomic mass is 9.98. The Morgan fingerprint density at radius 1 is 1.14 bits per heavy atom. The maximum Gasteiger partial charge on any atom is 0.358 e. The first-order chi connectivity index (χ1) is 17.4. The third kappa shape index (κ3) is 4.78. The van der Waals surface area contributed by atoms with Crippen molar-refractivity contribution in [3.05, 3.63) is 60.0 Å². The summed E-state index contributed by atoms with van der Waals surface area (Å²) in [5, 5.41) is 20.5. The van der Waals surface area contributed by atoms with Crippen LogP contribution in [0.4, 0.5) is 5.69 Å². The third-order valence-electron chi connectivity index (χ3n) is 6.14. The van der Waals surface area contributed by atoms with Crippen molar-refractivity contribution in [2.45, 2.75) is 38.8 Å². The molecule has 0 spiro atoms. The highest BCUT2D eigenvalue weighted by atomic mass is 16.5. The fraction of sp³-hybridized carbons (Fsp3) is 0.320. The molecule has 1 unspecified atom stereocenters. The van der Waals surface area contributed by atoms with E-state index in [1.165, 1.54) is 7.11 Å². The van der Waals surface area contributed by atoms with Gasteiger partial charge in [-0.1, -0.05) is 49.7 Å². The van der Waals surface area contributed by atoms with Crippen molar-refractivity contribution in [2.75, 3.05) is 18.6 Å². The third-order valence-corrected chi connectivity index (χ3v) is 6.14. The Labute approximate surface area is 209 Å². The highest BCUT2D eigenvalue weighted by molar-refractivity contribution is 5.96. The van der Waals surface area contributed by atoms with Crippen molar-refractivity contribution in [3.63, 3.8) is 0 Å². The van der Waals surface area contributed by atoms with Crippen molar-refractivity contribution in [3.8, 4) is 22.5 Å². The van der Waals surface area contributed by atoms with E-state index in [-0.39, 0.29) is 18.1 Å². The van der Waals surface area contributed by atoms with Gasteiger partial charge in [-0.25, -0.2) is 4.79 Å². The van der Waals surface area contributed by atoms with Gasteiger partial charge in [-0.15, -0.1) is 10.2 Å². The average molecular weight is 491 g/mol. The van der Waals surface area contributed by atoms with Crippen molar-refractivity contribution in [1.82, 2.24) is 31.3 Å². The SMILES string of the molecule is CCCCC1(C)NC(NC(=O)CN)=C(C(=O)OC)N1c1ccc(-c2ccccc2-c2nn[nH]n2)cc1. The monoisotopic (exact) mass is 490 g/mol. The van der Waals surface area contributed by atoms with E-state index < -0.39 is 17.5 Å². The summed E-state index contributed by atoms with van der Waals surface area (Å²) in [6.45, 7) is 3.89. The van der Waals surface area contributed by atoms with Gasteiger partial charge in [0.1, 0.15) is 11.5 Å². The van der Waals surface area contributed by atoms with Crippen LogP contribution in [-0.2, 0) is 14.3 Å². The molecule has 1 aliphatic rings. The first-order valence-electron chi connectivity index (χ1n) is 11.8. The maximum absolute atomic E-state index is 12.9. The largest absolute Gasteiger partial charge is 0.464 e. The Bertz CT molecular complexity index is 1260. The highest BCUT2D eigenvalue weighted by Crippen LogP contribution is 2.38. The van der Waals surface area contributed by atoms with Crippen LogP contribution in [0.5, 0.6) is 0 Å². The van der Waals surface area contributed by atoms with E-state index in [9.17, 15) is 9.59 Å². The van der Waals surface area contributed by atoms with Gasteiger partial charge in [-0.05, 0) is 48.2 Å². The molecule has 0 radical (unpaired) electrons. The molecular formula is C25H30N8O3. The maximum atomic E-state index is 12.9. The molecule has 0 bridgehead atoms. The first kappa shape index (κ1) is 24.9. The van der Waals surface area contributed by atoms with E-state index in [1.54, 1.807) is 0 Å². The van der Waals surface area contributed by atoms with E-state index >= 15 is 0 Å². The standard InChI is InChI=1S/C25H30N8O3/c1-4-5-14-25(2)28-23(27-20(34)15-26)21(24(35)36-3)33(25)17-12-10-16(11-13-17)18-8-6-7-9-19(18)22-29-31-32-30-22/h6-13,28H,4-5,14-15,26H2,1-3H3,(H,27,34)(H,29,30,31,32). The summed E-state index contributed by atoms with van der Waals surface area (Å²) in [4.78, 5) is 26.9. The number of carbonyl (C=O) groups excluding carboxylic acids is 2. The Morgan fingerprint density at radius 2 is 1.86 bits per heavy atom. The van der Waals surface area contributed by atoms with Crippen LogP contribution in [0.15, 0.2) is 60.0 Å². The minimum atomic E-state index is -0.680. The number of nitrogens with one attached hydrogen (secondary N) is 3. The molecular weight excluding hydrogens is 460 g/mol. The van der Waals surface area contributed by atoms with E-state index in [0.717, 1.165) is 35.2 Å². The second-order valence-electron chi connectivity index (χ2n) is 8.63. The molecule has 1 aromatic heterocycles. The summed E-state index contributed by atoms with van der Waals surface area (Å²) in [6, 6.07) is 15.6. The Balaban J connectivity index is 1.77. The van der Waals surface area contributed by atoms with Gasteiger partial charge >= 0.3 is 5.97 Å². The number of amides is 1. The highest BCUT2D eigenvalue weighted by Gasteiger charge is 2.45. The average Bonchev–Trinajstić information content (AvgIpc) is 3.54.